The first-order valence-electron chi connectivity index (χ1n) is 11.1. The maximum Gasteiger partial charge on any atom is 0.227 e. The summed E-state index contributed by atoms with van der Waals surface area (Å²) in [5.74, 6) is 2.82. The summed E-state index contributed by atoms with van der Waals surface area (Å²) < 4.78 is 5.34. The van der Waals surface area contributed by atoms with E-state index >= 15 is 0 Å². The van der Waals surface area contributed by atoms with Crippen LogP contribution >= 0.6 is 0 Å². The van der Waals surface area contributed by atoms with Crippen molar-refractivity contribution < 1.29 is 9.32 Å². The molecule has 0 bridgehead atoms. The van der Waals surface area contributed by atoms with E-state index < -0.39 is 0 Å². The zero-order chi connectivity index (χ0) is 21.2. The largest absolute Gasteiger partial charge is 0.355 e. The Kier molecular flexibility index (Phi) is 5.44. The maximum absolute atomic E-state index is 12.4. The standard InChI is InChI=1S/C23H28N6O2/c1-15-4-2-3-5-18(15)23-25-22(31-28-23)9-8-21(30)24-17-10-12-29(13-11-17)20-14-19(26-27-20)16-6-7-16/h2-5,14,16-17H,6-13H2,1H3,(H,24,30)(H,26,27). The van der Waals surface area contributed by atoms with Crippen LogP contribution in [0.25, 0.3) is 11.4 Å². The summed E-state index contributed by atoms with van der Waals surface area (Å²) in [6.45, 7) is 3.83. The molecule has 1 saturated carbocycles. The summed E-state index contributed by atoms with van der Waals surface area (Å²) in [4.78, 5) is 19.2. The molecule has 2 aromatic heterocycles. The lowest BCUT2D eigenvalue weighted by atomic mass is 10.0. The Bertz CT molecular complexity index is 1050. The van der Waals surface area contributed by atoms with Gasteiger partial charge in [-0.2, -0.15) is 10.1 Å². The van der Waals surface area contributed by atoms with Crippen LogP contribution in [-0.4, -0.2) is 45.4 Å². The molecule has 1 aliphatic carbocycles. The molecule has 0 spiro atoms. The number of aryl methyl sites for hydroxylation is 2. The van der Waals surface area contributed by atoms with Crippen LogP contribution in [0.1, 0.15) is 55.2 Å². The Morgan fingerprint density at radius 1 is 1.23 bits per heavy atom. The molecule has 31 heavy (non-hydrogen) atoms. The van der Waals surface area contributed by atoms with Gasteiger partial charge < -0.3 is 14.7 Å². The maximum atomic E-state index is 12.4. The molecule has 162 valence electrons. The third-order valence-electron chi connectivity index (χ3n) is 6.21. The predicted molar refractivity (Wildman–Crippen MR) is 117 cm³/mol. The molecular weight excluding hydrogens is 392 g/mol. The Balaban J connectivity index is 1.07. The van der Waals surface area contributed by atoms with Crippen molar-refractivity contribution in [3.63, 3.8) is 0 Å². The lowest BCUT2D eigenvalue weighted by molar-refractivity contribution is -0.122. The van der Waals surface area contributed by atoms with Gasteiger partial charge in [0, 0.05) is 55.2 Å². The molecule has 5 rings (SSSR count). The number of benzene rings is 1. The Hall–Kier alpha value is -3.16. The number of piperidine rings is 1. The smallest absolute Gasteiger partial charge is 0.227 e. The fourth-order valence-corrected chi connectivity index (χ4v) is 4.15. The van der Waals surface area contributed by atoms with Gasteiger partial charge in [0.15, 0.2) is 5.82 Å². The number of amides is 1. The van der Waals surface area contributed by atoms with Crippen LogP contribution < -0.4 is 10.2 Å². The molecule has 1 saturated heterocycles. The van der Waals surface area contributed by atoms with E-state index in [2.05, 4.69) is 36.6 Å². The number of anilines is 1. The summed E-state index contributed by atoms with van der Waals surface area (Å²) in [7, 11) is 0. The Morgan fingerprint density at radius 3 is 2.81 bits per heavy atom. The number of hydrogen-bond donors (Lipinski definition) is 2. The number of aromatic amines is 1. The second kappa shape index (κ2) is 8.53. The highest BCUT2D eigenvalue weighted by Gasteiger charge is 2.27. The molecule has 8 heteroatoms. The van der Waals surface area contributed by atoms with Crippen molar-refractivity contribution in [2.45, 2.75) is 57.4 Å². The second-order valence-corrected chi connectivity index (χ2v) is 8.61. The van der Waals surface area contributed by atoms with Gasteiger partial charge in [-0.25, -0.2) is 0 Å². The van der Waals surface area contributed by atoms with Crippen LogP contribution in [0, 0.1) is 6.92 Å². The number of nitrogens with zero attached hydrogens (tertiary/aromatic N) is 4. The van der Waals surface area contributed by atoms with Gasteiger partial charge in [-0.05, 0) is 38.2 Å². The molecule has 3 aromatic rings. The van der Waals surface area contributed by atoms with Gasteiger partial charge in [-0.1, -0.05) is 29.4 Å². The van der Waals surface area contributed by atoms with Gasteiger partial charge in [-0.15, -0.1) is 0 Å². The van der Waals surface area contributed by atoms with Gasteiger partial charge >= 0.3 is 0 Å². The number of hydrogen-bond acceptors (Lipinski definition) is 6. The van der Waals surface area contributed by atoms with Crippen molar-refractivity contribution in [1.29, 1.82) is 0 Å². The van der Waals surface area contributed by atoms with E-state index in [-0.39, 0.29) is 11.9 Å². The van der Waals surface area contributed by atoms with E-state index in [1.165, 1.54) is 18.5 Å². The van der Waals surface area contributed by atoms with Gasteiger partial charge in [0.2, 0.25) is 17.6 Å². The van der Waals surface area contributed by atoms with Crippen LogP contribution in [0.3, 0.4) is 0 Å². The van der Waals surface area contributed by atoms with E-state index in [9.17, 15) is 4.79 Å². The molecular formula is C23H28N6O2. The van der Waals surface area contributed by atoms with Gasteiger partial charge in [0.05, 0.1) is 0 Å². The minimum absolute atomic E-state index is 0.0323. The molecule has 1 aliphatic heterocycles. The Labute approximate surface area is 181 Å². The van der Waals surface area contributed by atoms with Crippen LogP contribution in [0.4, 0.5) is 5.82 Å². The van der Waals surface area contributed by atoms with Crippen molar-refractivity contribution in [3.05, 3.63) is 47.5 Å². The van der Waals surface area contributed by atoms with E-state index in [1.54, 1.807) is 0 Å². The SMILES string of the molecule is Cc1ccccc1-c1noc(CCC(=O)NC2CCN(c3cc(C4CC4)[nH]n3)CC2)n1. The topological polar surface area (TPSA) is 99.9 Å². The fraction of sp³-hybridized carbons (Fsp3) is 0.478. The quantitative estimate of drug-likeness (QED) is 0.608. The minimum atomic E-state index is 0.0323. The number of nitrogens with one attached hydrogen (secondary N) is 2. The molecule has 2 N–H and O–H groups in total. The number of H-pyrrole nitrogens is 1. The third-order valence-corrected chi connectivity index (χ3v) is 6.21. The molecule has 0 radical (unpaired) electrons. The Morgan fingerprint density at radius 2 is 2.03 bits per heavy atom. The van der Waals surface area contributed by atoms with E-state index in [4.69, 9.17) is 4.52 Å². The number of aromatic nitrogens is 4. The molecule has 1 amide bonds. The number of rotatable bonds is 7. The third kappa shape index (κ3) is 4.62. The summed E-state index contributed by atoms with van der Waals surface area (Å²) in [5, 5.41) is 14.9. The van der Waals surface area contributed by atoms with Crippen LogP contribution in [-0.2, 0) is 11.2 Å². The molecule has 3 heterocycles. The summed E-state index contributed by atoms with van der Waals surface area (Å²) in [6, 6.07) is 10.3. The van der Waals surface area contributed by atoms with Crippen molar-refractivity contribution in [1.82, 2.24) is 25.7 Å². The average Bonchev–Trinajstić information content (AvgIpc) is 3.32. The second-order valence-electron chi connectivity index (χ2n) is 8.61. The van der Waals surface area contributed by atoms with Crippen molar-refractivity contribution >= 4 is 11.7 Å². The molecule has 1 aromatic carbocycles. The average molecular weight is 421 g/mol. The van der Waals surface area contributed by atoms with E-state index in [0.29, 0.717) is 30.5 Å². The highest BCUT2D eigenvalue weighted by molar-refractivity contribution is 5.76. The van der Waals surface area contributed by atoms with E-state index in [0.717, 1.165) is 42.9 Å². The van der Waals surface area contributed by atoms with Gasteiger partial charge in [0.1, 0.15) is 0 Å². The first-order valence-corrected chi connectivity index (χ1v) is 11.1. The lowest BCUT2D eigenvalue weighted by Gasteiger charge is -2.32. The zero-order valence-electron chi connectivity index (χ0n) is 17.8. The lowest BCUT2D eigenvalue weighted by Crippen LogP contribution is -2.44. The van der Waals surface area contributed by atoms with Crippen LogP contribution in [0.5, 0.6) is 0 Å². The minimum Gasteiger partial charge on any atom is -0.355 e. The van der Waals surface area contributed by atoms with Gasteiger partial charge in [0.25, 0.3) is 0 Å². The summed E-state index contributed by atoms with van der Waals surface area (Å²) in [6.07, 6.45) is 5.18. The first kappa shape index (κ1) is 19.8. The normalized spacial score (nSPS) is 17.1. The number of carbonyl (C=O) groups is 1. The highest BCUT2D eigenvalue weighted by atomic mass is 16.5. The molecule has 0 atom stereocenters. The monoisotopic (exact) mass is 420 g/mol. The zero-order valence-corrected chi connectivity index (χ0v) is 17.8. The van der Waals surface area contributed by atoms with Crippen molar-refractivity contribution in [2.75, 3.05) is 18.0 Å². The van der Waals surface area contributed by atoms with E-state index in [1.807, 2.05) is 31.2 Å². The predicted octanol–water partition coefficient (Wildman–Crippen LogP) is 3.36. The summed E-state index contributed by atoms with van der Waals surface area (Å²) >= 11 is 0. The molecule has 2 aliphatic rings. The summed E-state index contributed by atoms with van der Waals surface area (Å²) in [5.41, 5.74) is 3.31. The number of carbonyl (C=O) groups excluding carboxylic acids is 1. The van der Waals surface area contributed by atoms with Crippen molar-refractivity contribution in [3.8, 4) is 11.4 Å². The molecule has 8 nitrogen and oxygen atoms in total. The first-order chi connectivity index (χ1) is 15.2. The van der Waals surface area contributed by atoms with Crippen molar-refractivity contribution in [2.24, 2.45) is 0 Å². The molecule has 2 fully saturated rings. The fourth-order valence-electron chi connectivity index (χ4n) is 4.15. The van der Waals surface area contributed by atoms with Gasteiger partial charge in [-0.3, -0.25) is 9.89 Å². The van der Waals surface area contributed by atoms with Crippen LogP contribution in [0.2, 0.25) is 0 Å². The highest BCUT2D eigenvalue weighted by Crippen LogP contribution is 2.40. The van der Waals surface area contributed by atoms with Crippen LogP contribution in [0.15, 0.2) is 34.9 Å². The molecule has 0 unspecified atom stereocenters.